The predicted molar refractivity (Wildman–Crippen MR) is 75.0 cm³/mol. The van der Waals surface area contributed by atoms with Crippen molar-refractivity contribution < 1.29 is 9.84 Å². The summed E-state index contributed by atoms with van der Waals surface area (Å²) in [5, 5.41) is 9.17. The van der Waals surface area contributed by atoms with Crippen LogP contribution in [0.3, 0.4) is 0 Å². The van der Waals surface area contributed by atoms with Crippen LogP contribution in [0.25, 0.3) is 0 Å². The molecule has 0 spiro atoms. The first-order chi connectivity index (χ1) is 8.25. The standard InChI is InChI=1S/C15H25NO2/c1-10-6-11(2)13(4)14(7-10)18-12(3)8-15(5,16)9-17/h6-7,12,17H,8-9,16H2,1-5H3. The minimum atomic E-state index is -0.591. The van der Waals surface area contributed by atoms with E-state index in [0.29, 0.717) is 6.42 Å². The molecule has 18 heavy (non-hydrogen) atoms. The Kier molecular flexibility index (Phi) is 4.77. The van der Waals surface area contributed by atoms with Crippen molar-refractivity contribution in [1.82, 2.24) is 0 Å². The van der Waals surface area contributed by atoms with Crippen molar-refractivity contribution in [2.24, 2.45) is 5.73 Å². The third-order valence-corrected chi connectivity index (χ3v) is 3.21. The average molecular weight is 251 g/mol. The minimum Gasteiger partial charge on any atom is -0.490 e. The number of hydrogen-bond acceptors (Lipinski definition) is 3. The van der Waals surface area contributed by atoms with Gasteiger partial charge in [-0.25, -0.2) is 0 Å². The highest BCUT2D eigenvalue weighted by atomic mass is 16.5. The van der Waals surface area contributed by atoms with Crippen molar-refractivity contribution in [3.8, 4) is 5.75 Å². The van der Waals surface area contributed by atoms with Crippen molar-refractivity contribution >= 4 is 0 Å². The SMILES string of the molecule is Cc1cc(C)c(C)c(OC(C)CC(C)(N)CO)c1. The van der Waals surface area contributed by atoms with Gasteiger partial charge in [-0.1, -0.05) is 6.07 Å². The molecule has 2 atom stereocenters. The van der Waals surface area contributed by atoms with Gasteiger partial charge in [0.15, 0.2) is 0 Å². The number of aliphatic hydroxyl groups is 1. The molecule has 0 saturated carbocycles. The number of hydrogen-bond donors (Lipinski definition) is 2. The molecule has 2 unspecified atom stereocenters. The summed E-state index contributed by atoms with van der Waals surface area (Å²) in [6.07, 6.45) is 0.600. The van der Waals surface area contributed by atoms with Gasteiger partial charge in [-0.2, -0.15) is 0 Å². The predicted octanol–water partition coefficient (Wildman–Crippen LogP) is 2.48. The van der Waals surface area contributed by atoms with Gasteiger partial charge < -0.3 is 15.6 Å². The van der Waals surface area contributed by atoms with Crippen LogP contribution in [0.2, 0.25) is 0 Å². The number of aryl methyl sites for hydroxylation is 2. The van der Waals surface area contributed by atoms with Crippen LogP contribution in [0.4, 0.5) is 0 Å². The Morgan fingerprint density at radius 1 is 1.33 bits per heavy atom. The van der Waals surface area contributed by atoms with E-state index < -0.39 is 5.54 Å². The summed E-state index contributed by atoms with van der Waals surface area (Å²) in [4.78, 5) is 0. The fourth-order valence-corrected chi connectivity index (χ4v) is 2.10. The van der Waals surface area contributed by atoms with E-state index in [9.17, 15) is 5.11 Å². The fraction of sp³-hybridized carbons (Fsp3) is 0.600. The second kappa shape index (κ2) is 5.72. The van der Waals surface area contributed by atoms with Crippen LogP contribution in [0.15, 0.2) is 12.1 Å². The second-order valence-corrected chi connectivity index (χ2v) is 5.65. The summed E-state index contributed by atoms with van der Waals surface area (Å²) in [5.74, 6) is 0.911. The molecule has 3 nitrogen and oxygen atoms in total. The highest BCUT2D eigenvalue weighted by molar-refractivity contribution is 5.42. The average Bonchev–Trinajstić information content (AvgIpc) is 2.24. The molecule has 3 N–H and O–H groups in total. The van der Waals surface area contributed by atoms with Gasteiger partial charge in [0.25, 0.3) is 0 Å². The topological polar surface area (TPSA) is 55.5 Å². The summed E-state index contributed by atoms with van der Waals surface area (Å²) < 4.78 is 5.95. The molecule has 0 fully saturated rings. The zero-order chi connectivity index (χ0) is 13.9. The zero-order valence-corrected chi connectivity index (χ0v) is 12.1. The van der Waals surface area contributed by atoms with Crippen molar-refractivity contribution in [3.05, 3.63) is 28.8 Å². The van der Waals surface area contributed by atoms with E-state index in [2.05, 4.69) is 26.8 Å². The van der Waals surface area contributed by atoms with Crippen LogP contribution in [0.1, 0.15) is 37.0 Å². The van der Waals surface area contributed by atoms with Gasteiger partial charge in [0.2, 0.25) is 0 Å². The van der Waals surface area contributed by atoms with Crippen LogP contribution < -0.4 is 10.5 Å². The third-order valence-electron chi connectivity index (χ3n) is 3.21. The van der Waals surface area contributed by atoms with Gasteiger partial charge in [0, 0.05) is 12.0 Å². The molecule has 0 aliphatic carbocycles. The molecule has 0 heterocycles. The Morgan fingerprint density at radius 3 is 2.50 bits per heavy atom. The Morgan fingerprint density at radius 2 is 1.94 bits per heavy atom. The first-order valence-corrected chi connectivity index (χ1v) is 6.39. The molecule has 3 heteroatoms. The minimum absolute atomic E-state index is 0.0213. The lowest BCUT2D eigenvalue weighted by Crippen LogP contribution is -2.43. The van der Waals surface area contributed by atoms with Gasteiger partial charge in [-0.05, 0) is 57.4 Å². The van der Waals surface area contributed by atoms with Gasteiger partial charge >= 0.3 is 0 Å². The number of nitrogens with two attached hydrogens (primary N) is 1. The molecule has 1 aromatic carbocycles. The molecule has 0 saturated heterocycles. The molecule has 0 amide bonds. The molecular formula is C15H25NO2. The number of benzene rings is 1. The molecule has 0 bridgehead atoms. The van der Waals surface area contributed by atoms with Crippen LogP contribution in [-0.2, 0) is 0 Å². The maximum atomic E-state index is 9.17. The first-order valence-electron chi connectivity index (χ1n) is 6.39. The van der Waals surface area contributed by atoms with Crippen molar-refractivity contribution in [3.63, 3.8) is 0 Å². The molecule has 0 radical (unpaired) electrons. The Labute approximate surface area is 110 Å². The number of rotatable bonds is 5. The van der Waals surface area contributed by atoms with Crippen LogP contribution in [0, 0.1) is 20.8 Å². The van der Waals surface area contributed by atoms with E-state index in [1.807, 2.05) is 19.9 Å². The Balaban J connectivity index is 2.79. The van der Waals surface area contributed by atoms with E-state index in [1.165, 1.54) is 11.1 Å². The normalized spacial score (nSPS) is 16.2. The van der Waals surface area contributed by atoms with Crippen LogP contribution in [-0.4, -0.2) is 23.4 Å². The highest BCUT2D eigenvalue weighted by Gasteiger charge is 2.22. The van der Waals surface area contributed by atoms with E-state index in [-0.39, 0.29) is 12.7 Å². The summed E-state index contributed by atoms with van der Waals surface area (Å²) in [7, 11) is 0. The van der Waals surface area contributed by atoms with E-state index in [1.54, 1.807) is 0 Å². The van der Waals surface area contributed by atoms with Gasteiger partial charge in [0.1, 0.15) is 5.75 Å². The summed E-state index contributed by atoms with van der Waals surface area (Å²) in [6.45, 7) is 9.99. The monoisotopic (exact) mass is 251 g/mol. The van der Waals surface area contributed by atoms with Gasteiger partial charge in [0.05, 0.1) is 12.7 Å². The molecule has 1 rings (SSSR count). The lowest BCUT2D eigenvalue weighted by molar-refractivity contribution is 0.133. The zero-order valence-electron chi connectivity index (χ0n) is 12.1. The van der Waals surface area contributed by atoms with E-state index in [0.717, 1.165) is 11.3 Å². The smallest absolute Gasteiger partial charge is 0.123 e. The van der Waals surface area contributed by atoms with Crippen LogP contribution in [0.5, 0.6) is 5.75 Å². The molecule has 102 valence electrons. The van der Waals surface area contributed by atoms with Gasteiger partial charge in [-0.3, -0.25) is 0 Å². The van der Waals surface area contributed by atoms with Crippen molar-refractivity contribution in [2.45, 2.75) is 52.7 Å². The van der Waals surface area contributed by atoms with Gasteiger partial charge in [-0.15, -0.1) is 0 Å². The van der Waals surface area contributed by atoms with E-state index >= 15 is 0 Å². The Bertz CT molecular complexity index is 413. The van der Waals surface area contributed by atoms with E-state index in [4.69, 9.17) is 10.5 Å². The summed E-state index contributed by atoms with van der Waals surface area (Å²) >= 11 is 0. The quantitative estimate of drug-likeness (QED) is 0.845. The highest BCUT2D eigenvalue weighted by Crippen LogP contribution is 2.25. The molecule has 1 aromatic rings. The second-order valence-electron chi connectivity index (χ2n) is 5.65. The number of aliphatic hydroxyl groups excluding tert-OH is 1. The maximum absolute atomic E-state index is 9.17. The molecule has 0 aliphatic rings. The lowest BCUT2D eigenvalue weighted by Gasteiger charge is -2.27. The summed E-state index contributed by atoms with van der Waals surface area (Å²) in [5.41, 5.74) is 8.93. The Hall–Kier alpha value is -1.06. The molecule has 0 aromatic heterocycles. The summed E-state index contributed by atoms with van der Waals surface area (Å²) in [6, 6.07) is 4.19. The third kappa shape index (κ3) is 4.00. The largest absolute Gasteiger partial charge is 0.490 e. The maximum Gasteiger partial charge on any atom is 0.123 e. The van der Waals surface area contributed by atoms with Crippen molar-refractivity contribution in [2.75, 3.05) is 6.61 Å². The van der Waals surface area contributed by atoms with Crippen molar-refractivity contribution in [1.29, 1.82) is 0 Å². The first kappa shape index (κ1) is 15.0. The molecular weight excluding hydrogens is 226 g/mol. The lowest BCUT2D eigenvalue weighted by atomic mass is 9.97. The fourth-order valence-electron chi connectivity index (χ4n) is 2.10. The van der Waals surface area contributed by atoms with Crippen LogP contribution >= 0.6 is 0 Å². The number of ether oxygens (including phenoxy) is 1. The molecule has 0 aliphatic heterocycles.